The van der Waals surface area contributed by atoms with Gasteiger partial charge in [-0.15, -0.1) is 0 Å². The van der Waals surface area contributed by atoms with Gasteiger partial charge in [0.25, 0.3) is 0 Å². The van der Waals surface area contributed by atoms with E-state index in [0.717, 1.165) is 18.4 Å². The van der Waals surface area contributed by atoms with Crippen molar-refractivity contribution in [3.8, 4) is 5.75 Å². The fourth-order valence-electron chi connectivity index (χ4n) is 2.07. The van der Waals surface area contributed by atoms with E-state index in [0.29, 0.717) is 17.7 Å². The molecule has 0 spiro atoms. The molecule has 3 nitrogen and oxygen atoms in total. The van der Waals surface area contributed by atoms with Gasteiger partial charge in [0.2, 0.25) is 0 Å². The molecule has 2 aromatic carbocycles. The van der Waals surface area contributed by atoms with E-state index in [1.807, 2.05) is 30.3 Å². The van der Waals surface area contributed by atoms with Crippen LogP contribution in [0.4, 0.5) is 0 Å². The molecule has 0 N–H and O–H groups in total. The summed E-state index contributed by atoms with van der Waals surface area (Å²) < 4.78 is 5.21. The van der Waals surface area contributed by atoms with E-state index in [1.165, 1.54) is 6.08 Å². The van der Waals surface area contributed by atoms with Crippen LogP contribution in [0.2, 0.25) is 0 Å². The Morgan fingerprint density at radius 3 is 2.35 bits per heavy atom. The number of carbonyl (C=O) groups excluding carboxylic acids is 2. The zero-order valence-corrected chi connectivity index (χ0v) is 13.2. The van der Waals surface area contributed by atoms with Gasteiger partial charge in [-0.1, -0.05) is 43.7 Å². The highest BCUT2D eigenvalue weighted by molar-refractivity contribution is 5.96. The molecule has 0 unspecified atom stereocenters. The Morgan fingerprint density at radius 2 is 1.70 bits per heavy atom. The lowest BCUT2D eigenvalue weighted by atomic mass is 10.1. The van der Waals surface area contributed by atoms with Crippen LogP contribution in [-0.4, -0.2) is 11.8 Å². The lowest BCUT2D eigenvalue weighted by molar-refractivity contribution is -0.128. The van der Waals surface area contributed by atoms with Crippen LogP contribution in [0.25, 0.3) is 6.08 Å². The monoisotopic (exact) mass is 308 g/mol. The summed E-state index contributed by atoms with van der Waals surface area (Å²) >= 11 is 0. The first-order valence-corrected chi connectivity index (χ1v) is 7.77. The Balaban J connectivity index is 1.91. The topological polar surface area (TPSA) is 43.4 Å². The summed E-state index contributed by atoms with van der Waals surface area (Å²) in [5.74, 6) is 0.104. The van der Waals surface area contributed by atoms with Crippen molar-refractivity contribution >= 4 is 17.8 Å². The number of benzene rings is 2. The van der Waals surface area contributed by atoms with Gasteiger partial charge in [0.1, 0.15) is 5.75 Å². The summed E-state index contributed by atoms with van der Waals surface area (Å²) in [5, 5.41) is 0. The summed E-state index contributed by atoms with van der Waals surface area (Å²) in [5.41, 5.74) is 1.58. The molecule has 23 heavy (non-hydrogen) atoms. The molecule has 0 atom stereocenters. The molecule has 0 aliphatic carbocycles. The Labute approximate surface area is 136 Å². The van der Waals surface area contributed by atoms with Crippen molar-refractivity contribution in [1.29, 1.82) is 0 Å². The number of rotatable bonds is 7. The van der Waals surface area contributed by atoms with Crippen LogP contribution in [0.5, 0.6) is 5.75 Å². The van der Waals surface area contributed by atoms with E-state index in [-0.39, 0.29) is 5.78 Å². The molecule has 0 saturated heterocycles. The van der Waals surface area contributed by atoms with Crippen LogP contribution >= 0.6 is 0 Å². The fraction of sp³-hybridized carbons (Fsp3) is 0.200. The van der Waals surface area contributed by atoms with Crippen molar-refractivity contribution in [3.63, 3.8) is 0 Å². The molecule has 0 amide bonds. The Hall–Kier alpha value is -2.68. The maximum atomic E-state index is 11.9. The molecule has 0 fully saturated rings. The number of Topliss-reactive ketones (excluding diaryl/α,β-unsaturated/α-hetero) is 1. The SMILES string of the molecule is CCCCC(=O)c1ccc(OC(=O)C=Cc2ccccc2)cc1. The minimum Gasteiger partial charge on any atom is -0.423 e. The summed E-state index contributed by atoms with van der Waals surface area (Å²) in [6.07, 6.45) is 5.52. The molecule has 0 bridgehead atoms. The molecule has 0 radical (unpaired) electrons. The number of hydrogen-bond donors (Lipinski definition) is 0. The minimum absolute atomic E-state index is 0.119. The largest absolute Gasteiger partial charge is 0.423 e. The lowest BCUT2D eigenvalue weighted by Crippen LogP contribution is -2.04. The highest BCUT2D eigenvalue weighted by atomic mass is 16.5. The van der Waals surface area contributed by atoms with Crippen molar-refractivity contribution in [3.05, 3.63) is 71.8 Å². The van der Waals surface area contributed by atoms with Gasteiger partial charge >= 0.3 is 5.97 Å². The fourth-order valence-corrected chi connectivity index (χ4v) is 2.07. The van der Waals surface area contributed by atoms with Crippen molar-refractivity contribution < 1.29 is 14.3 Å². The smallest absolute Gasteiger partial charge is 0.336 e. The van der Waals surface area contributed by atoms with Gasteiger partial charge in [-0.05, 0) is 42.3 Å². The molecule has 3 heteroatoms. The van der Waals surface area contributed by atoms with Crippen molar-refractivity contribution in [2.75, 3.05) is 0 Å². The standard InChI is InChI=1S/C20H20O3/c1-2-3-9-19(21)17-11-13-18(14-12-17)23-20(22)15-10-16-7-5-4-6-8-16/h4-8,10-15H,2-3,9H2,1H3. The minimum atomic E-state index is -0.445. The summed E-state index contributed by atoms with van der Waals surface area (Å²) in [6, 6.07) is 16.2. The van der Waals surface area contributed by atoms with Crippen molar-refractivity contribution in [1.82, 2.24) is 0 Å². The Morgan fingerprint density at radius 1 is 1.00 bits per heavy atom. The summed E-state index contributed by atoms with van der Waals surface area (Å²) in [7, 11) is 0. The first-order valence-electron chi connectivity index (χ1n) is 7.77. The molecule has 2 rings (SSSR count). The molecule has 0 aromatic heterocycles. The number of ether oxygens (including phenoxy) is 1. The molecule has 0 saturated carbocycles. The summed E-state index contributed by atoms with van der Waals surface area (Å²) in [4.78, 5) is 23.6. The van der Waals surface area contributed by atoms with Crippen LogP contribution in [0, 0.1) is 0 Å². The van der Waals surface area contributed by atoms with E-state index in [2.05, 4.69) is 6.92 Å². The quantitative estimate of drug-likeness (QED) is 0.323. The van der Waals surface area contributed by atoms with Crippen LogP contribution in [0.3, 0.4) is 0 Å². The van der Waals surface area contributed by atoms with Crippen LogP contribution in [0.1, 0.15) is 42.1 Å². The number of ketones is 1. The second-order valence-corrected chi connectivity index (χ2v) is 5.22. The third kappa shape index (κ3) is 5.55. The van der Waals surface area contributed by atoms with Gasteiger partial charge in [0.15, 0.2) is 5.78 Å². The predicted molar refractivity (Wildman–Crippen MR) is 91.4 cm³/mol. The highest BCUT2D eigenvalue weighted by Crippen LogP contribution is 2.15. The maximum absolute atomic E-state index is 11.9. The van der Waals surface area contributed by atoms with E-state index in [9.17, 15) is 9.59 Å². The van der Waals surface area contributed by atoms with Crippen molar-refractivity contribution in [2.24, 2.45) is 0 Å². The number of unbranched alkanes of at least 4 members (excludes halogenated alkanes) is 1. The normalized spacial score (nSPS) is 10.7. The molecule has 0 aliphatic heterocycles. The first-order chi connectivity index (χ1) is 11.2. The van der Waals surface area contributed by atoms with Gasteiger partial charge in [-0.2, -0.15) is 0 Å². The lowest BCUT2D eigenvalue weighted by Gasteiger charge is -2.03. The molecule has 2 aromatic rings. The van der Waals surface area contributed by atoms with Crippen LogP contribution in [0.15, 0.2) is 60.7 Å². The Bertz CT molecular complexity index is 670. The number of hydrogen-bond acceptors (Lipinski definition) is 3. The number of esters is 1. The second kappa shape index (κ2) is 8.69. The van der Waals surface area contributed by atoms with E-state index in [4.69, 9.17) is 4.74 Å². The van der Waals surface area contributed by atoms with Gasteiger partial charge in [-0.3, -0.25) is 4.79 Å². The second-order valence-electron chi connectivity index (χ2n) is 5.22. The third-order valence-electron chi connectivity index (χ3n) is 3.36. The highest BCUT2D eigenvalue weighted by Gasteiger charge is 2.06. The zero-order chi connectivity index (χ0) is 16.5. The first kappa shape index (κ1) is 16.7. The van der Waals surface area contributed by atoms with Gasteiger partial charge < -0.3 is 4.74 Å². The average Bonchev–Trinajstić information content (AvgIpc) is 2.59. The predicted octanol–water partition coefficient (Wildman–Crippen LogP) is 4.68. The van der Waals surface area contributed by atoms with Gasteiger partial charge in [0, 0.05) is 18.1 Å². The van der Waals surface area contributed by atoms with Crippen LogP contribution < -0.4 is 4.74 Å². The van der Waals surface area contributed by atoms with Crippen LogP contribution in [-0.2, 0) is 4.79 Å². The molecular weight excluding hydrogens is 288 g/mol. The molecule has 118 valence electrons. The third-order valence-corrected chi connectivity index (χ3v) is 3.36. The van der Waals surface area contributed by atoms with E-state index in [1.54, 1.807) is 30.3 Å². The molecule has 0 aliphatic rings. The maximum Gasteiger partial charge on any atom is 0.336 e. The average molecular weight is 308 g/mol. The van der Waals surface area contributed by atoms with E-state index >= 15 is 0 Å². The number of carbonyl (C=O) groups is 2. The molecular formula is C20H20O3. The van der Waals surface area contributed by atoms with Crippen molar-refractivity contribution in [2.45, 2.75) is 26.2 Å². The van der Waals surface area contributed by atoms with Gasteiger partial charge in [0.05, 0.1) is 0 Å². The Kier molecular flexibility index (Phi) is 6.30. The van der Waals surface area contributed by atoms with Gasteiger partial charge in [-0.25, -0.2) is 4.79 Å². The molecule has 0 heterocycles. The van der Waals surface area contributed by atoms with E-state index < -0.39 is 5.97 Å². The summed E-state index contributed by atoms with van der Waals surface area (Å²) in [6.45, 7) is 2.05. The zero-order valence-electron chi connectivity index (χ0n) is 13.2.